The summed E-state index contributed by atoms with van der Waals surface area (Å²) in [5, 5.41) is -0.872. The Bertz CT molecular complexity index is 898. The highest BCUT2D eigenvalue weighted by Gasteiger charge is 2.38. The van der Waals surface area contributed by atoms with E-state index in [-0.39, 0.29) is 11.3 Å². The summed E-state index contributed by atoms with van der Waals surface area (Å²) in [4.78, 5) is 7.04. The zero-order valence-corrected chi connectivity index (χ0v) is 14.3. The van der Waals surface area contributed by atoms with E-state index in [2.05, 4.69) is 9.97 Å². The van der Waals surface area contributed by atoms with Crippen molar-refractivity contribution in [2.24, 2.45) is 0 Å². The van der Waals surface area contributed by atoms with Crippen LogP contribution in [0.4, 0.5) is 24.9 Å². The van der Waals surface area contributed by atoms with Gasteiger partial charge < -0.3 is 11.5 Å². The van der Waals surface area contributed by atoms with Crippen LogP contribution in [0.3, 0.4) is 0 Å². The smallest absolute Gasteiger partial charge is 0.383 e. The van der Waals surface area contributed by atoms with Gasteiger partial charge in [-0.2, -0.15) is 18.2 Å². The van der Waals surface area contributed by atoms with E-state index in [9.17, 15) is 21.6 Å². The number of sulfone groups is 1. The Morgan fingerprint density at radius 1 is 1.20 bits per heavy atom. The van der Waals surface area contributed by atoms with Crippen LogP contribution < -0.4 is 11.5 Å². The quantitative estimate of drug-likeness (QED) is 0.851. The highest BCUT2D eigenvalue weighted by Crippen LogP contribution is 2.40. The molecule has 1 aromatic carbocycles. The first kappa shape index (κ1) is 19.0. The van der Waals surface area contributed by atoms with Crippen molar-refractivity contribution in [3.05, 3.63) is 35.4 Å². The first-order valence-electron chi connectivity index (χ1n) is 7.29. The van der Waals surface area contributed by atoms with E-state index in [1.165, 1.54) is 38.1 Å². The molecule has 1 unspecified atom stereocenters. The van der Waals surface area contributed by atoms with E-state index in [0.29, 0.717) is 5.56 Å². The second-order valence-electron chi connectivity index (χ2n) is 5.41. The van der Waals surface area contributed by atoms with E-state index < -0.39 is 44.3 Å². The average molecular weight is 374 g/mol. The molecule has 2 rings (SSSR count). The molecule has 136 valence electrons. The normalized spacial score (nSPS) is 13.6. The number of rotatable bonds is 4. The van der Waals surface area contributed by atoms with E-state index >= 15 is 0 Å². The minimum absolute atomic E-state index is 0.0591. The first-order valence-corrected chi connectivity index (χ1v) is 9.01. The highest BCUT2D eigenvalue weighted by molar-refractivity contribution is 7.91. The average Bonchev–Trinajstić information content (AvgIpc) is 2.52. The van der Waals surface area contributed by atoms with Gasteiger partial charge in [-0.25, -0.2) is 13.4 Å². The van der Waals surface area contributed by atoms with Crippen molar-refractivity contribution in [2.45, 2.75) is 25.3 Å². The van der Waals surface area contributed by atoms with Crippen LogP contribution >= 0.6 is 0 Å². The molecule has 0 aliphatic heterocycles. The predicted octanol–water partition coefficient (Wildman–Crippen LogP) is 2.82. The van der Waals surface area contributed by atoms with E-state index in [1.807, 2.05) is 0 Å². The molecule has 4 N–H and O–H groups in total. The lowest BCUT2D eigenvalue weighted by Gasteiger charge is -2.16. The van der Waals surface area contributed by atoms with Crippen LogP contribution in [0.5, 0.6) is 0 Å². The number of halogens is 3. The van der Waals surface area contributed by atoms with Gasteiger partial charge in [0.25, 0.3) is 0 Å². The molecule has 0 saturated heterocycles. The summed E-state index contributed by atoms with van der Waals surface area (Å²) >= 11 is 0. The molecular formula is C15H17F3N4O2S. The third-order valence-electron chi connectivity index (χ3n) is 3.81. The monoisotopic (exact) mass is 374 g/mol. The zero-order valence-electron chi connectivity index (χ0n) is 13.5. The Labute approximate surface area is 143 Å². The number of hydrogen-bond donors (Lipinski definition) is 2. The fourth-order valence-corrected chi connectivity index (χ4v) is 3.44. The third kappa shape index (κ3) is 3.84. The van der Waals surface area contributed by atoms with Gasteiger partial charge in [-0.05, 0) is 18.6 Å². The Morgan fingerprint density at radius 3 is 2.40 bits per heavy atom. The van der Waals surface area contributed by atoms with Crippen LogP contribution in [-0.4, -0.2) is 24.1 Å². The fraction of sp³-hybridized carbons (Fsp3) is 0.333. The largest absolute Gasteiger partial charge is 0.422 e. The maximum absolute atomic E-state index is 13.3. The van der Waals surface area contributed by atoms with Crippen molar-refractivity contribution in [3.8, 4) is 11.3 Å². The maximum atomic E-state index is 13.3. The van der Waals surface area contributed by atoms with Gasteiger partial charge in [-0.1, -0.05) is 25.1 Å². The minimum Gasteiger partial charge on any atom is -0.383 e. The lowest BCUT2D eigenvalue weighted by atomic mass is 10.0. The molecule has 2 aromatic rings. The molecule has 25 heavy (non-hydrogen) atoms. The van der Waals surface area contributed by atoms with Crippen LogP contribution in [0.15, 0.2) is 24.3 Å². The molecule has 0 saturated carbocycles. The van der Waals surface area contributed by atoms with Gasteiger partial charge in [0, 0.05) is 11.3 Å². The summed E-state index contributed by atoms with van der Waals surface area (Å²) in [7, 11) is -3.41. The molecule has 1 atom stereocenters. The summed E-state index contributed by atoms with van der Waals surface area (Å²) in [6.07, 6.45) is -4.79. The van der Waals surface area contributed by atoms with Crippen LogP contribution in [0.2, 0.25) is 0 Å². The Hall–Kier alpha value is -2.36. The molecule has 0 fully saturated rings. The maximum Gasteiger partial charge on any atom is 0.422 e. The number of hydrogen-bond acceptors (Lipinski definition) is 6. The Kier molecular flexibility index (Phi) is 4.94. The number of alkyl halides is 3. The van der Waals surface area contributed by atoms with Gasteiger partial charge in [0.1, 0.15) is 11.4 Å². The van der Waals surface area contributed by atoms with Crippen molar-refractivity contribution >= 4 is 21.6 Å². The zero-order chi connectivity index (χ0) is 19.0. The van der Waals surface area contributed by atoms with Crippen LogP contribution in [-0.2, 0) is 16.0 Å². The summed E-state index contributed by atoms with van der Waals surface area (Å²) < 4.78 is 64.1. The predicted molar refractivity (Wildman–Crippen MR) is 89.2 cm³/mol. The number of anilines is 2. The van der Waals surface area contributed by atoms with Gasteiger partial charge in [-0.3, -0.25) is 0 Å². The van der Waals surface area contributed by atoms with E-state index in [4.69, 9.17) is 11.5 Å². The second kappa shape index (κ2) is 6.51. The van der Waals surface area contributed by atoms with Crippen molar-refractivity contribution in [2.75, 3.05) is 17.2 Å². The van der Waals surface area contributed by atoms with Crippen LogP contribution in [0.25, 0.3) is 11.3 Å². The Morgan fingerprint density at radius 2 is 1.84 bits per heavy atom. The number of nitrogens with zero attached hydrogens (tertiary/aromatic N) is 2. The second-order valence-corrected chi connectivity index (χ2v) is 8.02. The van der Waals surface area contributed by atoms with Gasteiger partial charge in [0.05, 0.1) is 10.9 Å². The summed E-state index contributed by atoms with van der Waals surface area (Å²) in [6.45, 7) is 2.98. The lowest BCUT2D eigenvalue weighted by Crippen LogP contribution is -2.16. The molecule has 0 aliphatic carbocycles. The third-order valence-corrected chi connectivity index (χ3v) is 5.96. The van der Waals surface area contributed by atoms with Gasteiger partial charge in [-0.15, -0.1) is 0 Å². The summed E-state index contributed by atoms with van der Waals surface area (Å²) in [5.74, 6) is -1.27. The van der Waals surface area contributed by atoms with E-state index in [0.717, 1.165) is 0 Å². The van der Waals surface area contributed by atoms with Crippen LogP contribution in [0.1, 0.15) is 30.2 Å². The van der Waals surface area contributed by atoms with Crippen molar-refractivity contribution < 1.29 is 21.6 Å². The molecule has 1 aromatic heterocycles. The van der Waals surface area contributed by atoms with Crippen molar-refractivity contribution in [3.63, 3.8) is 0 Å². The molecule has 0 bridgehead atoms. The van der Waals surface area contributed by atoms with Gasteiger partial charge >= 0.3 is 6.18 Å². The number of nitrogens with two attached hydrogens (primary N) is 2. The van der Waals surface area contributed by atoms with E-state index in [1.54, 1.807) is 0 Å². The molecule has 10 heteroatoms. The fourth-order valence-electron chi connectivity index (χ4n) is 2.38. The van der Waals surface area contributed by atoms with Crippen LogP contribution in [0, 0.1) is 0 Å². The molecular weight excluding hydrogens is 357 g/mol. The standard InChI is InChI=1S/C15H17F3N4O2S/c1-3-25(23,24)8(2)9-5-4-6-10(7-9)12-11(15(16,17)18)13(19)22-14(20)21-12/h4-8H,3H2,1-2H3,(H4,19,20,21,22). The highest BCUT2D eigenvalue weighted by atomic mass is 32.2. The number of benzene rings is 1. The van der Waals surface area contributed by atoms with Gasteiger partial charge in [0.2, 0.25) is 5.95 Å². The minimum atomic E-state index is -4.79. The Balaban J connectivity index is 2.67. The molecule has 0 aliphatic rings. The first-order chi connectivity index (χ1) is 11.5. The topological polar surface area (TPSA) is 112 Å². The molecule has 6 nitrogen and oxygen atoms in total. The lowest BCUT2D eigenvalue weighted by molar-refractivity contribution is -0.136. The number of nitrogen functional groups attached to an aromatic ring is 2. The van der Waals surface area contributed by atoms with Gasteiger partial charge in [0.15, 0.2) is 9.84 Å². The molecule has 0 amide bonds. The van der Waals surface area contributed by atoms with Crippen molar-refractivity contribution in [1.82, 2.24) is 9.97 Å². The number of aromatic nitrogens is 2. The molecule has 1 heterocycles. The summed E-state index contributed by atoms with van der Waals surface area (Å²) in [5.41, 5.74) is 9.54. The SMILES string of the molecule is CCS(=O)(=O)C(C)c1cccc(-c2nc(N)nc(N)c2C(F)(F)F)c1. The molecule has 0 spiro atoms. The molecule has 0 radical (unpaired) electrons. The van der Waals surface area contributed by atoms with Crippen molar-refractivity contribution in [1.29, 1.82) is 0 Å². The summed E-state index contributed by atoms with van der Waals surface area (Å²) in [6, 6.07) is 5.71.